The summed E-state index contributed by atoms with van der Waals surface area (Å²) in [7, 11) is 1.95. The van der Waals surface area contributed by atoms with Crippen LogP contribution in [-0.2, 0) is 9.53 Å². The molecule has 2 amide bonds. The fourth-order valence-corrected chi connectivity index (χ4v) is 4.53. The summed E-state index contributed by atoms with van der Waals surface area (Å²) in [5.74, 6) is -0.0418. The number of ether oxygens (including phenoxy) is 1. The molecule has 0 radical (unpaired) electrons. The molecule has 0 aromatic heterocycles. The summed E-state index contributed by atoms with van der Waals surface area (Å²) >= 11 is 0. The SMILES string of the molecule is CN1CC2(CN(C(=O)c3cccc(C#N)c3)C2)OCC1C(=O)NC1CCCC1. The highest BCUT2D eigenvalue weighted by atomic mass is 16.5. The molecule has 1 atom stereocenters. The maximum absolute atomic E-state index is 12.7. The largest absolute Gasteiger partial charge is 0.368 e. The Labute approximate surface area is 165 Å². The summed E-state index contributed by atoms with van der Waals surface area (Å²) in [6.07, 6.45) is 4.51. The molecular weight excluding hydrogens is 356 g/mol. The Kier molecular flexibility index (Phi) is 5.09. The number of benzene rings is 1. The molecule has 2 heterocycles. The van der Waals surface area contributed by atoms with Crippen molar-refractivity contribution < 1.29 is 14.3 Å². The number of hydrogen-bond donors (Lipinski definition) is 1. The van der Waals surface area contributed by atoms with Gasteiger partial charge in [-0.05, 0) is 38.1 Å². The molecule has 1 N–H and O–H groups in total. The summed E-state index contributed by atoms with van der Waals surface area (Å²) in [6, 6.07) is 8.84. The Bertz CT molecular complexity index is 806. The monoisotopic (exact) mass is 382 g/mol. The van der Waals surface area contributed by atoms with Crippen LogP contribution in [0.25, 0.3) is 0 Å². The van der Waals surface area contributed by atoms with E-state index in [1.165, 1.54) is 12.8 Å². The van der Waals surface area contributed by atoms with Crippen LogP contribution in [-0.4, -0.2) is 72.6 Å². The quantitative estimate of drug-likeness (QED) is 0.847. The average Bonchev–Trinajstić information content (AvgIpc) is 3.18. The molecular formula is C21H26N4O3. The van der Waals surface area contributed by atoms with E-state index in [0.29, 0.717) is 43.4 Å². The van der Waals surface area contributed by atoms with Crippen molar-refractivity contribution in [3.05, 3.63) is 35.4 Å². The number of carbonyl (C=O) groups excluding carboxylic acids is 2. The van der Waals surface area contributed by atoms with Gasteiger partial charge in [0, 0.05) is 18.2 Å². The van der Waals surface area contributed by atoms with E-state index in [4.69, 9.17) is 10.00 Å². The third kappa shape index (κ3) is 3.62. The minimum atomic E-state index is -0.401. The Morgan fingerprint density at radius 1 is 1.25 bits per heavy atom. The van der Waals surface area contributed by atoms with Crippen LogP contribution in [0.5, 0.6) is 0 Å². The second kappa shape index (κ2) is 7.53. The highest BCUT2D eigenvalue weighted by Gasteiger charge is 2.51. The molecule has 1 unspecified atom stereocenters. The number of likely N-dealkylation sites (N-methyl/N-ethyl adjacent to an activating group) is 1. The number of morpholine rings is 1. The minimum Gasteiger partial charge on any atom is -0.368 e. The number of nitriles is 1. The maximum Gasteiger partial charge on any atom is 0.254 e. The van der Waals surface area contributed by atoms with Gasteiger partial charge in [-0.3, -0.25) is 14.5 Å². The second-order valence-electron chi connectivity index (χ2n) is 8.27. The number of likely N-dealkylation sites (tertiary alicyclic amines) is 1. The van der Waals surface area contributed by atoms with E-state index in [9.17, 15) is 9.59 Å². The summed E-state index contributed by atoms with van der Waals surface area (Å²) in [5.41, 5.74) is 0.597. The Morgan fingerprint density at radius 2 is 2.00 bits per heavy atom. The van der Waals surface area contributed by atoms with Gasteiger partial charge >= 0.3 is 0 Å². The van der Waals surface area contributed by atoms with Gasteiger partial charge in [0.15, 0.2) is 0 Å². The molecule has 1 spiro atoms. The van der Waals surface area contributed by atoms with Crippen LogP contribution >= 0.6 is 0 Å². The van der Waals surface area contributed by atoms with Crippen molar-refractivity contribution in [2.75, 3.05) is 33.3 Å². The number of nitrogens with one attached hydrogen (secondary N) is 1. The van der Waals surface area contributed by atoms with E-state index < -0.39 is 5.60 Å². The van der Waals surface area contributed by atoms with Crippen LogP contribution in [0.1, 0.15) is 41.6 Å². The number of carbonyl (C=O) groups is 2. The molecule has 1 saturated carbocycles. The first-order chi connectivity index (χ1) is 13.5. The van der Waals surface area contributed by atoms with Gasteiger partial charge < -0.3 is 15.0 Å². The van der Waals surface area contributed by atoms with Gasteiger partial charge in [-0.15, -0.1) is 0 Å². The van der Waals surface area contributed by atoms with Crippen molar-refractivity contribution in [1.82, 2.24) is 15.1 Å². The lowest BCUT2D eigenvalue weighted by atomic mass is 9.89. The molecule has 7 nitrogen and oxygen atoms in total. The van der Waals surface area contributed by atoms with Crippen molar-refractivity contribution in [3.63, 3.8) is 0 Å². The minimum absolute atomic E-state index is 0.0461. The number of nitrogens with zero attached hydrogens (tertiary/aromatic N) is 3. The molecule has 3 aliphatic rings. The van der Waals surface area contributed by atoms with Gasteiger partial charge in [0.05, 0.1) is 31.3 Å². The molecule has 7 heteroatoms. The molecule has 0 bridgehead atoms. The average molecular weight is 382 g/mol. The molecule has 1 aromatic rings. The van der Waals surface area contributed by atoms with Crippen molar-refractivity contribution in [3.8, 4) is 6.07 Å². The zero-order valence-electron chi connectivity index (χ0n) is 16.2. The Balaban J connectivity index is 1.32. The third-order valence-electron chi connectivity index (χ3n) is 6.11. The first-order valence-electron chi connectivity index (χ1n) is 9.94. The van der Waals surface area contributed by atoms with Gasteiger partial charge in [-0.1, -0.05) is 18.9 Å². The third-order valence-corrected chi connectivity index (χ3v) is 6.11. The van der Waals surface area contributed by atoms with Crippen molar-refractivity contribution in [2.24, 2.45) is 0 Å². The zero-order valence-corrected chi connectivity index (χ0v) is 16.2. The second-order valence-corrected chi connectivity index (χ2v) is 8.27. The predicted molar refractivity (Wildman–Crippen MR) is 103 cm³/mol. The Hall–Kier alpha value is -2.43. The highest BCUT2D eigenvalue weighted by molar-refractivity contribution is 5.95. The van der Waals surface area contributed by atoms with Crippen molar-refractivity contribution >= 4 is 11.8 Å². The summed E-state index contributed by atoms with van der Waals surface area (Å²) in [5, 5.41) is 12.2. The van der Waals surface area contributed by atoms with E-state index in [1.54, 1.807) is 29.2 Å². The first-order valence-corrected chi connectivity index (χ1v) is 9.94. The topological polar surface area (TPSA) is 85.7 Å². The molecule has 1 aliphatic carbocycles. The molecule has 1 aromatic carbocycles. The van der Waals surface area contributed by atoms with E-state index in [0.717, 1.165) is 12.8 Å². The van der Waals surface area contributed by atoms with Crippen molar-refractivity contribution in [2.45, 2.75) is 43.4 Å². The van der Waals surface area contributed by atoms with Crippen LogP contribution in [0.4, 0.5) is 0 Å². The number of rotatable bonds is 3. The molecule has 4 rings (SSSR count). The lowest BCUT2D eigenvalue weighted by Gasteiger charge is -2.54. The smallest absolute Gasteiger partial charge is 0.254 e. The normalized spacial score (nSPS) is 24.6. The van der Waals surface area contributed by atoms with Crippen molar-refractivity contribution in [1.29, 1.82) is 5.26 Å². The molecule has 2 saturated heterocycles. The number of amides is 2. The number of hydrogen-bond acceptors (Lipinski definition) is 5. The van der Waals surface area contributed by atoms with Gasteiger partial charge in [0.25, 0.3) is 5.91 Å². The van der Waals surface area contributed by atoms with Gasteiger partial charge in [0.2, 0.25) is 5.91 Å². The van der Waals surface area contributed by atoms with Crippen LogP contribution in [0.3, 0.4) is 0 Å². The fraction of sp³-hybridized carbons (Fsp3) is 0.571. The van der Waals surface area contributed by atoms with E-state index in [2.05, 4.69) is 11.4 Å². The van der Waals surface area contributed by atoms with Crippen LogP contribution < -0.4 is 5.32 Å². The van der Waals surface area contributed by atoms with Gasteiger partial charge in [0.1, 0.15) is 11.6 Å². The molecule has 28 heavy (non-hydrogen) atoms. The van der Waals surface area contributed by atoms with Crippen LogP contribution in [0, 0.1) is 11.3 Å². The van der Waals surface area contributed by atoms with Crippen LogP contribution in [0.15, 0.2) is 24.3 Å². The summed E-state index contributed by atoms with van der Waals surface area (Å²) in [6.45, 7) is 1.98. The summed E-state index contributed by atoms with van der Waals surface area (Å²) < 4.78 is 6.08. The van der Waals surface area contributed by atoms with Gasteiger partial charge in [-0.2, -0.15) is 5.26 Å². The highest BCUT2D eigenvalue weighted by Crippen LogP contribution is 2.32. The fourth-order valence-electron chi connectivity index (χ4n) is 4.53. The lowest BCUT2D eigenvalue weighted by molar-refractivity contribution is -0.187. The molecule has 2 aliphatic heterocycles. The maximum atomic E-state index is 12.7. The standard InChI is InChI=1S/C21H26N4O3/c1-24-12-21(28-11-18(24)19(26)23-17-7-2-3-8-17)13-25(14-21)20(27)16-6-4-5-15(9-16)10-22/h4-6,9,17-18H,2-3,7-8,11-14H2,1H3,(H,23,26). The molecule has 148 valence electrons. The summed E-state index contributed by atoms with van der Waals surface area (Å²) in [4.78, 5) is 29.0. The van der Waals surface area contributed by atoms with Gasteiger partial charge in [-0.25, -0.2) is 0 Å². The van der Waals surface area contributed by atoms with Crippen LogP contribution in [0.2, 0.25) is 0 Å². The molecule has 3 fully saturated rings. The van der Waals surface area contributed by atoms with E-state index in [1.807, 2.05) is 11.9 Å². The lowest BCUT2D eigenvalue weighted by Crippen LogP contribution is -2.73. The predicted octanol–water partition coefficient (Wildman–Crippen LogP) is 1.14. The zero-order chi connectivity index (χ0) is 19.7. The van der Waals surface area contributed by atoms with E-state index >= 15 is 0 Å². The first kappa shape index (κ1) is 18.9. The van der Waals surface area contributed by atoms with E-state index in [-0.39, 0.29) is 17.9 Å². The Morgan fingerprint density at radius 3 is 2.68 bits per heavy atom.